The summed E-state index contributed by atoms with van der Waals surface area (Å²) in [5.41, 5.74) is 1.50. The monoisotopic (exact) mass is 228 g/mol. The third kappa shape index (κ3) is 2.04. The summed E-state index contributed by atoms with van der Waals surface area (Å²) in [6, 6.07) is 3.62. The number of alkyl halides is 1. The molecule has 0 atom stereocenters. The van der Waals surface area contributed by atoms with Gasteiger partial charge in [0.2, 0.25) is 0 Å². The lowest BCUT2D eigenvalue weighted by Gasteiger charge is -1.99. The number of carbonyl (C=O) groups excluding carboxylic acids is 1. The predicted octanol–water partition coefficient (Wildman–Crippen LogP) is 1.34. The van der Waals surface area contributed by atoms with Crippen LogP contribution < -0.4 is 5.32 Å². The zero-order valence-electron chi connectivity index (χ0n) is 6.67. The summed E-state index contributed by atoms with van der Waals surface area (Å²) in [6.45, 7) is 0. The minimum atomic E-state index is -0.155. The van der Waals surface area contributed by atoms with Gasteiger partial charge in [0.15, 0.2) is 0 Å². The smallest absolute Gasteiger partial charge is 0.269 e. The lowest BCUT2D eigenvalue weighted by Crippen LogP contribution is -2.19. The average molecular weight is 229 g/mol. The molecule has 0 spiro atoms. The third-order valence-electron chi connectivity index (χ3n) is 1.44. The Labute approximate surface area is 79.3 Å². The highest BCUT2D eigenvalue weighted by Crippen LogP contribution is 2.05. The predicted molar refractivity (Wildman–Crippen MR) is 50.3 cm³/mol. The second-order valence-electron chi connectivity index (χ2n) is 2.26. The molecule has 0 aliphatic carbocycles. The van der Waals surface area contributed by atoms with Crippen LogP contribution >= 0.6 is 15.9 Å². The molecule has 0 aliphatic heterocycles. The molecule has 1 rings (SSSR count). The molecule has 1 heterocycles. The minimum Gasteiger partial charge on any atom is -0.354 e. The Morgan fingerprint density at radius 3 is 3.08 bits per heavy atom. The third-order valence-corrected chi connectivity index (χ3v) is 2.09. The standard InChI is InChI=1S/C8H9BrN2O/c1-10-8(12)7-4-6(5-9)2-3-11-7/h2-4H,5H2,1H3,(H,10,12). The first-order valence-electron chi connectivity index (χ1n) is 3.51. The molecule has 0 aliphatic rings. The number of amides is 1. The maximum absolute atomic E-state index is 11.1. The number of pyridine rings is 1. The van der Waals surface area contributed by atoms with Gasteiger partial charge in [0, 0.05) is 18.6 Å². The van der Waals surface area contributed by atoms with Crippen LogP contribution in [0.4, 0.5) is 0 Å². The summed E-state index contributed by atoms with van der Waals surface area (Å²) in [7, 11) is 1.59. The highest BCUT2D eigenvalue weighted by molar-refractivity contribution is 9.08. The van der Waals surface area contributed by atoms with Gasteiger partial charge in [0.05, 0.1) is 0 Å². The number of carbonyl (C=O) groups is 1. The van der Waals surface area contributed by atoms with E-state index in [1.165, 1.54) is 0 Å². The van der Waals surface area contributed by atoms with Crippen molar-refractivity contribution >= 4 is 21.8 Å². The van der Waals surface area contributed by atoms with Crippen molar-refractivity contribution in [2.45, 2.75) is 5.33 Å². The van der Waals surface area contributed by atoms with Gasteiger partial charge < -0.3 is 5.32 Å². The molecule has 3 nitrogen and oxygen atoms in total. The van der Waals surface area contributed by atoms with E-state index >= 15 is 0 Å². The van der Waals surface area contributed by atoms with Crippen molar-refractivity contribution in [3.05, 3.63) is 29.6 Å². The number of rotatable bonds is 2. The van der Waals surface area contributed by atoms with Crippen molar-refractivity contribution in [1.82, 2.24) is 10.3 Å². The molecule has 0 saturated heterocycles. The fraction of sp³-hybridized carbons (Fsp3) is 0.250. The van der Waals surface area contributed by atoms with E-state index in [0.29, 0.717) is 5.69 Å². The zero-order valence-corrected chi connectivity index (χ0v) is 8.26. The Kier molecular flexibility index (Phi) is 3.22. The van der Waals surface area contributed by atoms with Crippen molar-refractivity contribution in [2.75, 3.05) is 7.05 Å². The molecule has 0 radical (unpaired) electrons. The molecule has 0 aromatic carbocycles. The second-order valence-corrected chi connectivity index (χ2v) is 2.82. The molecule has 1 N–H and O–H groups in total. The lowest BCUT2D eigenvalue weighted by atomic mass is 10.2. The average Bonchev–Trinajstić information content (AvgIpc) is 2.17. The van der Waals surface area contributed by atoms with Gasteiger partial charge in [-0.2, -0.15) is 0 Å². The van der Waals surface area contributed by atoms with Crippen LogP contribution in [-0.4, -0.2) is 17.9 Å². The van der Waals surface area contributed by atoms with Gasteiger partial charge >= 0.3 is 0 Å². The van der Waals surface area contributed by atoms with Crippen molar-refractivity contribution in [2.24, 2.45) is 0 Å². The van der Waals surface area contributed by atoms with Crippen LogP contribution in [0.1, 0.15) is 16.1 Å². The van der Waals surface area contributed by atoms with Crippen molar-refractivity contribution < 1.29 is 4.79 Å². The maximum Gasteiger partial charge on any atom is 0.269 e. The van der Waals surface area contributed by atoms with E-state index in [4.69, 9.17) is 0 Å². The molecular formula is C8H9BrN2O. The molecular weight excluding hydrogens is 220 g/mol. The van der Waals surface area contributed by atoms with E-state index < -0.39 is 0 Å². The molecule has 1 aromatic rings. The van der Waals surface area contributed by atoms with E-state index in [1.807, 2.05) is 6.07 Å². The number of halogens is 1. The molecule has 64 valence electrons. The van der Waals surface area contributed by atoms with Crippen molar-refractivity contribution in [1.29, 1.82) is 0 Å². The van der Waals surface area contributed by atoms with E-state index in [1.54, 1.807) is 19.3 Å². The van der Waals surface area contributed by atoms with Gasteiger partial charge in [-0.25, -0.2) is 0 Å². The Morgan fingerprint density at radius 1 is 1.75 bits per heavy atom. The van der Waals surface area contributed by atoms with Crippen molar-refractivity contribution in [3.63, 3.8) is 0 Å². The van der Waals surface area contributed by atoms with Gasteiger partial charge in [0.1, 0.15) is 5.69 Å². The first kappa shape index (κ1) is 9.19. The first-order chi connectivity index (χ1) is 5.77. The molecule has 0 fully saturated rings. The van der Waals surface area contributed by atoms with E-state index in [0.717, 1.165) is 10.9 Å². The number of hydrogen-bond acceptors (Lipinski definition) is 2. The SMILES string of the molecule is CNC(=O)c1cc(CBr)ccn1. The molecule has 4 heteroatoms. The summed E-state index contributed by atoms with van der Waals surface area (Å²) >= 11 is 3.30. The van der Waals surface area contributed by atoms with Gasteiger partial charge in [-0.05, 0) is 17.7 Å². The Morgan fingerprint density at radius 2 is 2.50 bits per heavy atom. The van der Waals surface area contributed by atoms with Crippen LogP contribution in [0.15, 0.2) is 18.3 Å². The molecule has 0 saturated carbocycles. The van der Waals surface area contributed by atoms with Crippen LogP contribution in [0.25, 0.3) is 0 Å². The van der Waals surface area contributed by atoms with Crippen LogP contribution in [0.5, 0.6) is 0 Å². The minimum absolute atomic E-state index is 0.155. The first-order valence-corrected chi connectivity index (χ1v) is 4.63. The Bertz CT molecular complexity index is 288. The summed E-state index contributed by atoms with van der Waals surface area (Å²) in [6.07, 6.45) is 1.63. The number of nitrogens with zero attached hydrogens (tertiary/aromatic N) is 1. The van der Waals surface area contributed by atoms with Gasteiger partial charge in [-0.1, -0.05) is 15.9 Å². The normalized spacial score (nSPS) is 9.50. The molecule has 0 unspecified atom stereocenters. The topological polar surface area (TPSA) is 42.0 Å². The molecule has 1 aromatic heterocycles. The fourth-order valence-corrected chi connectivity index (χ4v) is 1.16. The largest absolute Gasteiger partial charge is 0.354 e. The quantitative estimate of drug-likeness (QED) is 0.777. The summed E-state index contributed by atoms with van der Waals surface area (Å²) in [5.74, 6) is -0.155. The zero-order chi connectivity index (χ0) is 8.97. The molecule has 0 bridgehead atoms. The summed E-state index contributed by atoms with van der Waals surface area (Å²) in [5, 5.41) is 3.25. The van der Waals surface area contributed by atoms with Gasteiger partial charge in [-0.3, -0.25) is 9.78 Å². The van der Waals surface area contributed by atoms with Crippen molar-refractivity contribution in [3.8, 4) is 0 Å². The van der Waals surface area contributed by atoms with Crippen LogP contribution in [0.2, 0.25) is 0 Å². The summed E-state index contributed by atoms with van der Waals surface area (Å²) < 4.78 is 0. The van der Waals surface area contributed by atoms with E-state index in [2.05, 4.69) is 26.2 Å². The van der Waals surface area contributed by atoms with Crippen LogP contribution in [0.3, 0.4) is 0 Å². The van der Waals surface area contributed by atoms with E-state index in [-0.39, 0.29) is 5.91 Å². The fourth-order valence-electron chi connectivity index (χ4n) is 0.810. The number of hydrogen-bond donors (Lipinski definition) is 1. The number of nitrogens with one attached hydrogen (secondary N) is 1. The van der Waals surface area contributed by atoms with E-state index in [9.17, 15) is 4.79 Å². The van der Waals surface area contributed by atoms with Gasteiger partial charge in [-0.15, -0.1) is 0 Å². The number of aromatic nitrogens is 1. The van der Waals surface area contributed by atoms with Crippen LogP contribution in [-0.2, 0) is 5.33 Å². The maximum atomic E-state index is 11.1. The molecule has 12 heavy (non-hydrogen) atoms. The lowest BCUT2D eigenvalue weighted by molar-refractivity contribution is 0.0958. The molecule has 1 amide bonds. The Hall–Kier alpha value is -0.900. The van der Waals surface area contributed by atoms with Gasteiger partial charge in [0.25, 0.3) is 5.91 Å². The summed E-state index contributed by atoms with van der Waals surface area (Å²) in [4.78, 5) is 15.0. The highest BCUT2D eigenvalue weighted by Gasteiger charge is 2.03. The second kappa shape index (κ2) is 4.21. The van der Waals surface area contributed by atoms with Crippen LogP contribution in [0, 0.1) is 0 Å². The highest BCUT2D eigenvalue weighted by atomic mass is 79.9. The Balaban J connectivity index is 2.93.